The van der Waals surface area contributed by atoms with Gasteiger partial charge in [0.25, 0.3) is 0 Å². The van der Waals surface area contributed by atoms with Crippen LogP contribution in [0.5, 0.6) is 0 Å². The number of carbonyl (C=O) groups excluding carboxylic acids is 2. The second-order valence-corrected chi connectivity index (χ2v) is 11.5. The summed E-state index contributed by atoms with van der Waals surface area (Å²) >= 11 is 2.83. The fraction of sp³-hybridized carbons (Fsp3) is 0.462. The number of benzene rings is 1. The molecule has 1 N–H and O–H groups in total. The molecular formula is C26H32N4O3S2. The average molecular weight is 513 g/mol. The van der Waals surface area contributed by atoms with E-state index in [4.69, 9.17) is 4.74 Å². The van der Waals surface area contributed by atoms with Crippen molar-refractivity contribution in [2.24, 2.45) is 0 Å². The number of nitrogens with zero attached hydrogens (tertiary/aromatic N) is 3. The lowest BCUT2D eigenvalue weighted by atomic mass is 9.87. The molecule has 1 aromatic carbocycles. The predicted octanol–water partition coefficient (Wildman–Crippen LogP) is 5.72. The van der Waals surface area contributed by atoms with Crippen molar-refractivity contribution in [2.75, 3.05) is 17.7 Å². The van der Waals surface area contributed by atoms with E-state index in [9.17, 15) is 9.59 Å². The molecule has 35 heavy (non-hydrogen) atoms. The maximum atomic E-state index is 12.8. The molecule has 0 fully saturated rings. The summed E-state index contributed by atoms with van der Waals surface area (Å²) in [5.41, 5.74) is 3.90. The van der Waals surface area contributed by atoms with Crippen LogP contribution in [0.1, 0.15) is 67.4 Å². The summed E-state index contributed by atoms with van der Waals surface area (Å²) in [6, 6.07) is 8.41. The lowest BCUT2D eigenvalue weighted by Crippen LogP contribution is -2.17. The van der Waals surface area contributed by atoms with Crippen molar-refractivity contribution < 1.29 is 14.3 Å². The first kappa shape index (κ1) is 25.4. The lowest BCUT2D eigenvalue weighted by molar-refractivity contribution is -0.113. The number of thiophene rings is 1. The van der Waals surface area contributed by atoms with Gasteiger partial charge in [-0.1, -0.05) is 56.8 Å². The Kier molecular flexibility index (Phi) is 7.66. The van der Waals surface area contributed by atoms with Crippen molar-refractivity contribution in [1.29, 1.82) is 0 Å². The molecule has 0 radical (unpaired) electrons. The van der Waals surface area contributed by atoms with Gasteiger partial charge >= 0.3 is 5.97 Å². The minimum atomic E-state index is -0.359. The Morgan fingerprint density at radius 1 is 1.14 bits per heavy atom. The largest absolute Gasteiger partial charge is 0.462 e. The number of aromatic nitrogens is 3. The normalized spacial score (nSPS) is 13.1. The van der Waals surface area contributed by atoms with Crippen molar-refractivity contribution in [2.45, 2.75) is 71.0 Å². The van der Waals surface area contributed by atoms with Crippen LogP contribution in [0.3, 0.4) is 0 Å². The highest BCUT2D eigenvalue weighted by atomic mass is 32.2. The molecule has 0 bridgehead atoms. The Morgan fingerprint density at radius 3 is 2.54 bits per heavy atom. The molecule has 1 aliphatic rings. The van der Waals surface area contributed by atoms with E-state index in [0.717, 1.165) is 36.2 Å². The zero-order chi connectivity index (χ0) is 25.2. The summed E-state index contributed by atoms with van der Waals surface area (Å²) < 4.78 is 7.28. The number of thioether (sulfide) groups is 1. The van der Waals surface area contributed by atoms with E-state index in [0.29, 0.717) is 28.9 Å². The third-order valence-corrected chi connectivity index (χ3v) is 8.20. The third kappa shape index (κ3) is 5.46. The zero-order valence-corrected chi connectivity index (χ0v) is 22.6. The van der Waals surface area contributed by atoms with Gasteiger partial charge in [-0.3, -0.25) is 4.79 Å². The molecule has 186 valence electrons. The molecule has 0 aliphatic heterocycles. The number of fused-ring (bicyclic) bond motifs is 1. The molecule has 3 aromatic rings. The fourth-order valence-corrected chi connectivity index (χ4v) is 6.31. The van der Waals surface area contributed by atoms with E-state index >= 15 is 0 Å². The second kappa shape index (κ2) is 10.5. The minimum Gasteiger partial charge on any atom is -0.462 e. The molecule has 0 atom stereocenters. The van der Waals surface area contributed by atoms with E-state index in [1.807, 2.05) is 11.5 Å². The van der Waals surface area contributed by atoms with Gasteiger partial charge in [0.1, 0.15) is 5.00 Å². The summed E-state index contributed by atoms with van der Waals surface area (Å²) in [6.45, 7) is 11.4. The van der Waals surface area contributed by atoms with Crippen LogP contribution in [-0.4, -0.2) is 39.0 Å². The first-order valence-electron chi connectivity index (χ1n) is 12.0. The van der Waals surface area contributed by atoms with Crippen molar-refractivity contribution in [3.8, 4) is 11.4 Å². The van der Waals surface area contributed by atoms with Crippen LogP contribution in [0.15, 0.2) is 29.4 Å². The van der Waals surface area contributed by atoms with Crippen LogP contribution in [0.25, 0.3) is 11.4 Å². The van der Waals surface area contributed by atoms with Gasteiger partial charge in [0, 0.05) is 17.0 Å². The van der Waals surface area contributed by atoms with E-state index in [2.05, 4.69) is 60.6 Å². The number of hydrogen-bond acceptors (Lipinski definition) is 7. The molecule has 7 nitrogen and oxygen atoms in total. The van der Waals surface area contributed by atoms with Crippen LogP contribution in [0, 0.1) is 0 Å². The van der Waals surface area contributed by atoms with Crippen LogP contribution in [-0.2, 0) is 34.3 Å². The molecule has 0 saturated heterocycles. The standard InChI is InChI=1S/C26H32N4O3S2/c1-6-30-22(16-11-13-17(14-12-16)26(3,4)5)28-29-25(30)34-15-20(31)27-23-21(24(32)33-7-2)18-9-8-10-19(18)35-23/h11-14H,6-10,15H2,1-5H3,(H,27,31). The quantitative estimate of drug-likeness (QED) is 0.307. The number of rotatable bonds is 8. The molecule has 9 heteroatoms. The number of nitrogens with one attached hydrogen (secondary N) is 1. The Labute approximate surface area is 214 Å². The van der Waals surface area contributed by atoms with Gasteiger partial charge in [-0.25, -0.2) is 4.79 Å². The summed E-state index contributed by atoms with van der Waals surface area (Å²) in [7, 11) is 0. The Morgan fingerprint density at radius 2 is 1.89 bits per heavy atom. The first-order chi connectivity index (χ1) is 16.7. The molecule has 1 amide bonds. The highest BCUT2D eigenvalue weighted by Crippen LogP contribution is 2.39. The lowest BCUT2D eigenvalue weighted by Gasteiger charge is -2.19. The molecule has 1 aliphatic carbocycles. The SMILES string of the molecule is CCOC(=O)c1c(NC(=O)CSc2nnc(-c3ccc(C(C)(C)C)cc3)n2CC)sc2c1CCC2. The Balaban J connectivity index is 1.46. The van der Waals surface area contributed by atoms with Gasteiger partial charge in [0.15, 0.2) is 11.0 Å². The maximum Gasteiger partial charge on any atom is 0.341 e. The van der Waals surface area contributed by atoms with E-state index in [1.165, 1.54) is 33.5 Å². The average Bonchev–Trinajstić information content (AvgIpc) is 3.51. The van der Waals surface area contributed by atoms with Crippen molar-refractivity contribution in [3.63, 3.8) is 0 Å². The number of ether oxygens (including phenoxy) is 1. The number of anilines is 1. The monoisotopic (exact) mass is 512 g/mol. The molecule has 4 rings (SSSR count). The summed E-state index contributed by atoms with van der Waals surface area (Å²) in [5.74, 6) is 0.423. The highest BCUT2D eigenvalue weighted by molar-refractivity contribution is 7.99. The molecule has 0 unspecified atom stereocenters. The van der Waals surface area contributed by atoms with Crippen molar-refractivity contribution in [1.82, 2.24) is 14.8 Å². The summed E-state index contributed by atoms with van der Waals surface area (Å²) in [5, 5.41) is 13.0. The highest BCUT2D eigenvalue weighted by Gasteiger charge is 2.28. The van der Waals surface area contributed by atoms with Crippen molar-refractivity contribution in [3.05, 3.63) is 45.8 Å². The number of carbonyl (C=O) groups is 2. The number of amides is 1. The molecular weight excluding hydrogens is 480 g/mol. The number of esters is 1. The van der Waals surface area contributed by atoms with Crippen LogP contribution in [0.4, 0.5) is 5.00 Å². The van der Waals surface area contributed by atoms with Gasteiger partial charge in [0.05, 0.1) is 17.9 Å². The summed E-state index contributed by atoms with van der Waals surface area (Å²) in [6.07, 6.45) is 2.82. The number of hydrogen-bond donors (Lipinski definition) is 1. The Hall–Kier alpha value is -2.65. The Bertz CT molecular complexity index is 1220. The zero-order valence-electron chi connectivity index (χ0n) is 20.9. The van der Waals surface area contributed by atoms with Gasteiger partial charge in [-0.05, 0) is 49.7 Å². The third-order valence-electron chi connectivity index (χ3n) is 6.03. The van der Waals surface area contributed by atoms with Gasteiger partial charge in [0.2, 0.25) is 5.91 Å². The van der Waals surface area contributed by atoms with E-state index < -0.39 is 0 Å². The van der Waals surface area contributed by atoms with Gasteiger partial charge in [-0.2, -0.15) is 0 Å². The maximum absolute atomic E-state index is 12.8. The fourth-order valence-electron chi connectivity index (χ4n) is 4.22. The van der Waals surface area contributed by atoms with Crippen LogP contribution < -0.4 is 5.32 Å². The molecule has 0 spiro atoms. The molecule has 2 heterocycles. The van der Waals surface area contributed by atoms with Gasteiger partial charge < -0.3 is 14.6 Å². The molecule has 2 aromatic heterocycles. The second-order valence-electron chi connectivity index (χ2n) is 9.50. The van der Waals surface area contributed by atoms with E-state index in [-0.39, 0.29) is 23.0 Å². The van der Waals surface area contributed by atoms with Crippen LogP contribution >= 0.6 is 23.1 Å². The topological polar surface area (TPSA) is 86.1 Å². The smallest absolute Gasteiger partial charge is 0.341 e. The predicted molar refractivity (Wildman–Crippen MR) is 141 cm³/mol. The summed E-state index contributed by atoms with van der Waals surface area (Å²) in [4.78, 5) is 26.5. The first-order valence-corrected chi connectivity index (χ1v) is 13.8. The van der Waals surface area contributed by atoms with Crippen molar-refractivity contribution >= 4 is 40.0 Å². The van der Waals surface area contributed by atoms with E-state index in [1.54, 1.807) is 6.92 Å². The van der Waals surface area contributed by atoms with Crippen LogP contribution in [0.2, 0.25) is 0 Å². The molecule has 0 saturated carbocycles. The van der Waals surface area contributed by atoms with Gasteiger partial charge in [-0.15, -0.1) is 21.5 Å². The number of aryl methyl sites for hydroxylation is 1. The minimum absolute atomic E-state index is 0.0845.